The molecule has 0 unspecified atom stereocenters. The zero-order chi connectivity index (χ0) is 69.0. The van der Waals surface area contributed by atoms with Crippen LogP contribution in [-0.4, -0.2) is 218 Å². The maximum absolute atomic E-state index is 14.3. The number of rotatable bonds is 28. The number of esters is 8. The minimum atomic E-state index is -1.80. The van der Waals surface area contributed by atoms with Gasteiger partial charge in [0.25, 0.3) is 0 Å². The first-order valence-corrected chi connectivity index (χ1v) is 29.4. The molecule has 508 valence electrons. The highest BCUT2D eigenvalue weighted by Crippen LogP contribution is 2.44. The Bertz CT molecular complexity index is 3100. The second-order valence-electron chi connectivity index (χ2n) is 22.6. The summed E-state index contributed by atoms with van der Waals surface area (Å²) in [5.41, 5.74) is 2.67. The Labute approximate surface area is 534 Å². The molecule has 0 aromatic heterocycles. The first-order chi connectivity index (χ1) is 43.7. The molecule has 1 aliphatic carbocycles. The van der Waals surface area contributed by atoms with Crippen LogP contribution in [0.4, 0.5) is 4.79 Å². The molecular weight excluding hydrogens is 1230 g/mol. The van der Waals surface area contributed by atoms with E-state index < -0.39 is 215 Å². The number of Topliss-reactive ketones (excluding diaryl/α,β-unsaturated/α-hetero) is 1. The van der Waals surface area contributed by atoms with Crippen LogP contribution in [0.25, 0.3) is 11.1 Å². The van der Waals surface area contributed by atoms with Crippen molar-refractivity contribution in [1.82, 2.24) is 31.1 Å². The van der Waals surface area contributed by atoms with Crippen molar-refractivity contribution in [1.29, 1.82) is 0 Å². The Balaban J connectivity index is 1.39. The normalized spacial score (nSPS) is 21.2. The molecule has 0 saturated carbocycles. The van der Waals surface area contributed by atoms with E-state index in [9.17, 15) is 71.9 Å². The molecule has 0 radical (unpaired) electrons. The summed E-state index contributed by atoms with van der Waals surface area (Å²) >= 11 is 0. The molecule has 2 aromatic carbocycles. The number of fused-ring (bicyclic) bond motifs is 3. The van der Waals surface area contributed by atoms with Crippen LogP contribution >= 0.6 is 0 Å². The minimum Gasteiger partial charge on any atom is -0.463 e. The summed E-state index contributed by atoms with van der Waals surface area (Å²) in [6, 6.07) is 13.7. The highest BCUT2D eigenvalue weighted by atomic mass is 16.7. The topological polar surface area (TPSA) is 412 Å². The summed E-state index contributed by atoms with van der Waals surface area (Å²) in [4.78, 5) is 197. The van der Waals surface area contributed by atoms with Gasteiger partial charge in [-0.15, -0.1) is 0 Å². The Morgan fingerprint density at radius 2 is 0.925 bits per heavy atom. The van der Waals surface area contributed by atoms with Gasteiger partial charge in [0.2, 0.25) is 29.5 Å². The van der Waals surface area contributed by atoms with Gasteiger partial charge < -0.3 is 83.2 Å². The minimum absolute atomic E-state index is 0.0980. The Morgan fingerprint density at radius 1 is 0.484 bits per heavy atom. The van der Waals surface area contributed by atoms with E-state index in [1.807, 2.05) is 48.5 Å². The number of ketones is 1. The van der Waals surface area contributed by atoms with Crippen molar-refractivity contribution in [2.45, 2.75) is 168 Å². The summed E-state index contributed by atoms with van der Waals surface area (Å²) in [6.45, 7) is 8.22. The predicted molar refractivity (Wildman–Crippen MR) is 313 cm³/mol. The summed E-state index contributed by atoms with van der Waals surface area (Å²) in [5, 5.41) is 9.79. The van der Waals surface area contributed by atoms with Crippen molar-refractivity contribution >= 4 is 89.2 Å². The summed E-state index contributed by atoms with van der Waals surface area (Å²) in [6.07, 6.45) is -18.4. The number of amides is 6. The summed E-state index contributed by atoms with van der Waals surface area (Å²) < 4.78 is 60.3. The van der Waals surface area contributed by atoms with Gasteiger partial charge in [0.15, 0.2) is 48.8 Å². The standard InChI is InChI=1S/C61H78N6O26/c1-31(68)63-52-55(88-36(6)73)53(86-34(4)71)45(29-83-32(2)69)91-58(52)64-47(77)24-49(79)66(27-51(81)93-61(9,10)11)22-20-39(76)26-67(23-21-62-60(82)85-28-44-42-18-14-12-16-40(42)41-17-13-15-19-43(41)44)50(80)25-48(78)65-59-57(90-38(8)75)56(89-37(7)74)54(87-35(5)72)46(92-59)30-84-33(3)70/h12-19,44-46,52-59H,20-30H2,1-11H3,(H,62,82)(H,63,68)(H,64,77)(H,65,78)/t45-,46-,52-,53-,54-,55-,56+,57-,58-,59-/m1/s1. The lowest BCUT2D eigenvalue weighted by Crippen LogP contribution is -2.69. The second kappa shape index (κ2) is 34.2. The van der Waals surface area contributed by atoms with Crippen LogP contribution in [0.2, 0.25) is 0 Å². The quantitative estimate of drug-likeness (QED) is 0.0503. The summed E-state index contributed by atoms with van der Waals surface area (Å²) in [5.74, 6) is -13.7. The Kier molecular flexibility index (Phi) is 27.2. The fourth-order valence-corrected chi connectivity index (χ4v) is 10.3. The number of hydrogen-bond donors (Lipinski definition) is 4. The fourth-order valence-electron chi connectivity index (χ4n) is 10.3. The number of nitrogens with one attached hydrogen (secondary N) is 4. The molecule has 6 amide bonds. The molecule has 0 bridgehead atoms. The molecule has 10 atom stereocenters. The number of ether oxygens (including phenoxy) is 11. The average Bonchev–Trinajstić information content (AvgIpc) is 1.77. The van der Waals surface area contributed by atoms with E-state index in [1.54, 1.807) is 0 Å². The lowest BCUT2D eigenvalue weighted by Gasteiger charge is -2.45. The highest BCUT2D eigenvalue weighted by Gasteiger charge is 2.54. The van der Waals surface area contributed by atoms with E-state index in [-0.39, 0.29) is 19.1 Å². The number of benzene rings is 2. The van der Waals surface area contributed by atoms with E-state index >= 15 is 0 Å². The van der Waals surface area contributed by atoms with Gasteiger partial charge in [0, 0.05) is 87.4 Å². The van der Waals surface area contributed by atoms with E-state index in [4.69, 9.17) is 52.1 Å². The second-order valence-corrected chi connectivity index (χ2v) is 22.6. The first-order valence-electron chi connectivity index (χ1n) is 29.4. The first kappa shape index (κ1) is 74.1. The van der Waals surface area contributed by atoms with Gasteiger partial charge in [-0.1, -0.05) is 48.5 Å². The van der Waals surface area contributed by atoms with Gasteiger partial charge in [-0.3, -0.25) is 67.1 Å². The van der Waals surface area contributed by atoms with Gasteiger partial charge in [-0.25, -0.2) is 4.79 Å². The molecule has 93 heavy (non-hydrogen) atoms. The maximum Gasteiger partial charge on any atom is 0.407 e. The van der Waals surface area contributed by atoms with Crippen LogP contribution in [0, 0.1) is 0 Å². The molecule has 2 aliphatic heterocycles. The average molecular weight is 1310 g/mol. The van der Waals surface area contributed by atoms with E-state index in [1.165, 1.54) is 20.8 Å². The Morgan fingerprint density at radius 3 is 1.41 bits per heavy atom. The van der Waals surface area contributed by atoms with Crippen LogP contribution in [0.5, 0.6) is 0 Å². The molecule has 2 fully saturated rings. The largest absolute Gasteiger partial charge is 0.463 e. The number of nitrogens with zero attached hydrogens (tertiary/aromatic N) is 2. The van der Waals surface area contributed by atoms with Crippen molar-refractivity contribution in [3.8, 4) is 11.1 Å². The van der Waals surface area contributed by atoms with E-state index in [0.717, 1.165) is 87.4 Å². The lowest BCUT2D eigenvalue weighted by molar-refractivity contribution is -0.257. The fraction of sp³-hybridized carbons (Fsp3) is 0.557. The summed E-state index contributed by atoms with van der Waals surface area (Å²) in [7, 11) is 0. The van der Waals surface area contributed by atoms with Crippen molar-refractivity contribution < 1.29 is 124 Å². The van der Waals surface area contributed by atoms with Crippen LogP contribution in [0.3, 0.4) is 0 Å². The number of alkyl carbamates (subject to hydrolysis) is 1. The Hall–Kier alpha value is -9.59. The van der Waals surface area contributed by atoms with Crippen molar-refractivity contribution in [2.75, 3.05) is 52.5 Å². The van der Waals surface area contributed by atoms with Crippen LogP contribution in [-0.2, 0) is 119 Å². The molecule has 2 saturated heterocycles. The predicted octanol–water partition coefficient (Wildman–Crippen LogP) is 0.235. The third kappa shape index (κ3) is 23.2. The monoisotopic (exact) mass is 1310 g/mol. The van der Waals surface area contributed by atoms with Crippen molar-refractivity contribution in [3.05, 3.63) is 59.7 Å². The lowest BCUT2D eigenvalue weighted by atomic mass is 9.95. The van der Waals surface area contributed by atoms with Crippen molar-refractivity contribution in [2.24, 2.45) is 0 Å². The van der Waals surface area contributed by atoms with Gasteiger partial charge >= 0.3 is 53.8 Å². The molecule has 2 aromatic rings. The third-order valence-corrected chi connectivity index (χ3v) is 13.8. The zero-order valence-electron chi connectivity index (χ0n) is 53.3. The number of carbonyl (C=O) groups excluding carboxylic acids is 15. The highest BCUT2D eigenvalue weighted by molar-refractivity contribution is 5.99. The molecule has 32 nitrogen and oxygen atoms in total. The van der Waals surface area contributed by atoms with Gasteiger partial charge in [-0.2, -0.15) is 0 Å². The smallest absolute Gasteiger partial charge is 0.407 e. The molecule has 4 N–H and O–H groups in total. The molecular formula is C61H78N6O26. The van der Waals surface area contributed by atoms with Crippen LogP contribution < -0.4 is 21.3 Å². The molecule has 5 rings (SSSR count). The molecule has 32 heteroatoms. The van der Waals surface area contributed by atoms with Gasteiger partial charge in [0.05, 0.1) is 6.54 Å². The number of hydrogen-bond acceptors (Lipinski definition) is 26. The van der Waals surface area contributed by atoms with Crippen LogP contribution in [0.15, 0.2) is 48.5 Å². The van der Waals surface area contributed by atoms with E-state index in [0.29, 0.717) is 0 Å². The third-order valence-electron chi connectivity index (χ3n) is 13.8. The SMILES string of the molecule is CC(=O)N[C@@H]1[C@@H](OC(C)=O)[C@H](OC(C)=O)[C@@H](COC(C)=O)O[C@H]1NC(=O)CC(=O)N(CCC(=O)CN(CCNC(=O)OCC1c2ccccc2-c2ccccc21)C(=O)CC(=O)N[C@@H]1O[C@H](COC(C)=O)[C@@H](OC(C)=O)[C@H](OC(C)=O)[C@H]1OC(C)=O)CC(=O)OC(C)(C)C. The van der Waals surface area contributed by atoms with E-state index in [2.05, 4.69) is 21.3 Å². The molecule has 2 heterocycles. The van der Waals surface area contributed by atoms with Crippen molar-refractivity contribution in [3.63, 3.8) is 0 Å². The zero-order valence-corrected chi connectivity index (χ0v) is 53.3. The molecule has 3 aliphatic rings. The number of carbonyl (C=O) groups is 15. The maximum atomic E-state index is 14.3. The van der Waals surface area contributed by atoms with Gasteiger partial charge in [0.1, 0.15) is 63.1 Å². The van der Waals surface area contributed by atoms with Gasteiger partial charge in [-0.05, 0) is 43.0 Å². The molecule has 0 spiro atoms. The van der Waals surface area contributed by atoms with Crippen LogP contribution in [0.1, 0.15) is 112 Å².